The summed E-state index contributed by atoms with van der Waals surface area (Å²) < 4.78 is 0. The second-order valence-corrected chi connectivity index (χ2v) is 4.31. The third-order valence-corrected chi connectivity index (χ3v) is 2.50. The molecular formula is C8H13NO2S. The van der Waals surface area contributed by atoms with Crippen LogP contribution in [0.1, 0.15) is 18.7 Å². The maximum Gasteiger partial charge on any atom is 0.0870 e. The molecule has 0 spiro atoms. The first kappa shape index (κ1) is 9.64. The predicted octanol–water partition coefficient (Wildman–Crippen LogP) is 0.817. The fraction of sp³-hybridized carbons (Fsp3) is 0.625. The van der Waals surface area contributed by atoms with Crippen molar-refractivity contribution >= 4 is 11.3 Å². The summed E-state index contributed by atoms with van der Waals surface area (Å²) in [5.41, 5.74) is 0.677. The highest BCUT2D eigenvalue weighted by molar-refractivity contribution is 7.09. The van der Waals surface area contributed by atoms with E-state index in [1.165, 1.54) is 11.3 Å². The Balaban J connectivity index is 2.53. The van der Waals surface area contributed by atoms with Crippen molar-refractivity contribution in [3.8, 4) is 0 Å². The second kappa shape index (κ2) is 3.51. The Hall–Kier alpha value is -0.450. The topological polar surface area (TPSA) is 53.4 Å². The number of rotatable bonds is 3. The molecule has 0 aromatic carbocycles. The minimum Gasteiger partial charge on any atom is -0.390 e. The SMILES string of the molecule is CC(C)(O)C(O)Cc1cncs1. The molecule has 0 fully saturated rings. The smallest absolute Gasteiger partial charge is 0.0870 e. The van der Waals surface area contributed by atoms with Crippen molar-refractivity contribution in [1.82, 2.24) is 4.98 Å². The van der Waals surface area contributed by atoms with Crippen LogP contribution in [0.3, 0.4) is 0 Å². The molecule has 0 aliphatic carbocycles. The summed E-state index contributed by atoms with van der Waals surface area (Å²) in [7, 11) is 0. The van der Waals surface area contributed by atoms with Crippen LogP contribution in [-0.2, 0) is 6.42 Å². The van der Waals surface area contributed by atoms with Crippen molar-refractivity contribution in [2.45, 2.75) is 32.0 Å². The summed E-state index contributed by atoms with van der Waals surface area (Å²) in [6, 6.07) is 0. The highest BCUT2D eigenvalue weighted by Crippen LogP contribution is 2.16. The van der Waals surface area contributed by atoms with Crippen molar-refractivity contribution in [3.05, 3.63) is 16.6 Å². The van der Waals surface area contributed by atoms with Gasteiger partial charge in [-0.1, -0.05) is 0 Å². The summed E-state index contributed by atoms with van der Waals surface area (Å²) in [4.78, 5) is 4.87. The van der Waals surface area contributed by atoms with Crippen LogP contribution in [0, 0.1) is 0 Å². The Morgan fingerprint density at radius 2 is 2.33 bits per heavy atom. The van der Waals surface area contributed by atoms with Crippen LogP contribution in [0.15, 0.2) is 11.7 Å². The molecule has 0 bridgehead atoms. The largest absolute Gasteiger partial charge is 0.390 e. The molecule has 2 N–H and O–H groups in total. The van der Waals surface area contributed by atoms with Gasteiger partial charge in [0.05, 0.1) is 17.2 Å². The number of nitrogens with zero attached hydrogens (tertiary/aromatic N) is 1. The fourth-order valence-electron chi connectivity index (χ4n) is 0.783. The van der Waals surface area contributed by atoms with E-state index >= 15 is 0 Å². The van der Waals surface area contributed by atoms with E-state index in [-0.39, 0.29) is 0 Å². The predicted molar refractivity (Wildman–Crippen MR) is 48.1 cm³/mol. The summed E-state index contributed by atoms with van der Waals surface area (Å²) in [5, 5.41) is 18.9. The fourth-order valence-corrected chi connectivity index (χ4v) is 1.42. The maximum atomic E-state index is 9.49. The van der Waals surface area contributed by atoms with Gasteiger partial charge in [0.2, 0.25) is 0 Å². The zero-order valence-corrected chi connectivity index (χ0v) is 8.01. The molecular weight excluding hydrogens is 174 g/mol. The van der Waals surface area contributed by atoms with E-state index in [9.17, 15) is 10.2 Å². The average Bonchev–Trinajstić information content (AvgIpc) is 2.37. The van der Waals surface area contributed by atoms with E-state index < -0.39 is 11.7 Å². The summed E-state index contributed by atoms with van der Waals surface area (Å²) >= 11 is 1.49. The molecule has 0 aliphatic heterocycles. The maximum absolute atomic E-state index is 9.49. The van der Waals surface area contributed by atoms with E-state index in [0.29, 0.717) is 6.42 Å². The lowest BCUT2D eigenvalue weighted by Gasteiger charge is -2.23. The van der Waals surface area contributed by atoms with Gasteiger partial charge in [-0.15, -0.1) is 11.3 Å². The van der Waals surface area contributed by atoms with Crippen LogP contribution in [0.2, 0.25) is 0 Å². The highest BCUT2D eigenvalue weighted by Gasteiger charge is 2.24. The molecule has 1 aromatic rings. The molecule has 0 saturated heterocycles. The van der Waals surface area contributed by atoms with E-state index in [1.807, 2.05) is 0 Å². The molecule has 0 aliphatic rings. The second-order valence-electron chi connectivity index (χ2n) is 3.34. The van der Waals surface area contributed by atoms with Crippen LogP contribution in [0.4, 0.5) is 0 Å². The molecule has 1 heterocycles. The molecule has 1 aromatic heterocycles. The van der Waals surface area contributed by atoms with E-state index in [2.05, 4.69) is 4.98 Å². The van der Waals surface area contributed by atoms with Crippen molar-refractivity contribution in [3.63, 3.8) is 0 Å². The van der Waals surface area contributed by atoms with Gasteiger partial charge in [0, 0.05) is 17.5 Å². The van der Waals surface area contributed by atoms with Gasteiger partial charge in [0.1, 0.15) is 0 Å². The average molecular weight is 187 g/mol. The molecule has 3 nitrogen and oxygen atoms in total. The lowest BCUT2D eigenvalue weighted by molar-refractivity contribution is -0.0466. The highest BCUT2D eigenvalue weighted by atomic mass is 32.1. The molecule has 1 rings (SSSR count). The first-order valence-corrected chi connectivity index (χ1v) is 4.66. The van der Waals surface area contributed by atoms with Crippen LogP contribution in [-0.4, -0.2) is 26.9 Å². The van der Waals surface area contributed by atoms with Gasteiger partial charge in [-0.25, -0.2) is 0 Å². The van der Waals surface area contributed by atoms with Gasteiger partial charge < -0.3 is 10.2 Å². The zero-order chi connectivity index (χ0) is 9.19. The van der Waals surface area contributed by atoms with Crippen molar-refractivity contribution in [2.75, 3.05) is 0 Å². The quantitative estimate of drug-likeness (QED) is 0.736. The van der Waals surface area contributed by atoms with E-state index in [0.717, 1.165) is 4.88 Å². The Labute approximate surface area is 75.7 Å². The van der Waals surface area contributed by atoms with Gasteiger partial charge in [-0.3, -0.25) is 4.98 Å². The van der Waals surface area contributed by atoms with Gasteiger partial charge in [-0.05, 0) is 13.8 Å². The first-order valence-electron chi connectivity index (χ1n) is 3.78. The first-order chi connectivity index (χ1) is 5.50. The molecule has 0 radical (unpaired) electrons. The number of hydrogen-bond acceptors (Lipinski definition) is 4. The number of thiazole rings is 1. The third kappa shape index (κ3) is 2.55. The molecule has 1 unspecified atom stereocenters. The minimum absolute atomic E-state index is 0.466. The Morgan fingerprint density at radius 1 is 1.67 bits per heavy atom. The van der Waals surface area contributed by atoms with E-state index in [1.54, 1.807) is 25.6 Å². The molecule has 0 amide bonds. The van der Waals surface area contributed by atoms with Crippen LogP contribution < -0.4 is 0 Å². The Morgan fingerprint density at radius 3 is 2.75 bits per heavy atom. The Kier molecular flexibility index (Phi) is 2.82. The van der Waals surface area contributed by atoms with Crippen LogP contribution >= 0.6 is 11.3 Å². The van der Waals surface area contributed by atoms with Gasteiger partial charge in [0.25, 0.3) is 0 Å². The number of aliphatic hydroxyl groups is 2. The molecule has 1 atom stereocenters. The van der Waals surface area contributed by atoms with Crippen LogP contribution in [0.25, 0.3) is 0 Å². The lowest BCUT2D eigenvalue weighted by atomic mass is 9.99. The number of aliphatic hydroxyl groups excluding tert-OH is 1. The lowest BCUT2D eigenvalue weighted by Crippen LogP contribution is -2.37. The zero-order valence-electron chi connectivity index (χ0n) is 7.19. The molecule has 68 valence electrons. The summed E-state index contributed by atoms with van der Waals surface area (Å²) in [6.07, 6.45) is 1.45. The third-order valence-electron chi connectivity index (χ3n) is 1.69. The van der Waals surface area contributed by atoms with E-state index in [4.69, 9.17) is 0 Å². The molecule has 4 heteroatoms. The van der Waals surface area contributed by atoms with Crippen molar-refractivity contribution < 1.29 is 10.2 Å². The standard InChI is InChI=1S/C8H13NO2S/c1-8(2,11)7(10)3-6-4-9-5-12-6/h4-5,7,10-11H,3H2,1-2H3. The van der Waals surface area contributed by atoms with Crippen LogP contribution in [0.5, 0.6) is 0 Å². The van der Waals surface area contributed by atoms with Gasteiger partial charge >= 0.3 is 0 Å². The summed E-state index contributed by atoms with van der Waals surface area (Å²) in [6.45, 7) is 3.19. The van der Waals surface area contributed by atoms with Crippen molar-refractivity contribution in [2.24, 2.45) is 0 Å². The Bertz CT molecular complexity index is 228. The minimum atomic E-state index is -1.04. The molecule has 12 heavy (non-hydrogen) atoms. The van der Waals surface area contributed by atoms with Crippen molar-refractivity contribution in [1.29, 1.82) is 0 Å². The van der Waals surface area contributed by atoms with Gasteiger partial charge in [-0.2, -0.15) is 0 Å². The normalized spacial score (nSPS) is 14.7. The summed E-state index contributed by atoms with van der Waals surface area (Å²) in [5.74, 6) is 0. The van der Waals surface area contributed by atoms with Gasteiger partial charge in [0.15, 0.2) is 0 Å². The molecule has 0 saturated carbocycles. The number of hydrogen-bond donors (Lipinski definition) is 2. The number of aromatic nitrogens is 1. The monoisotopic (exact) mass is 187 g/mol.